The van der Waals surface area contributed by atoms with Crippen LogP contribution in [0.3, 0.4) is 0 Å². The van der Waals surface area contributed by atoms with Crippen molar-refractivity contribution in [3.05, 3.63) is 29.3 Å². The van der Waals surface area contributed by atoms with Crippen LogP contribution in [0.1, 0.15) is 36.2 Å². The molecule has 7 nitrogen and oxygen atoms in total. The van der Waals surface area contributed by atoms with Gasteiger partial charge in [-0.2, -0.15) is 0 Å². The lowest BCUT2D eigenvalue weighted by molar-refractivity contribution is -0.144. The Labute approximate surface area is 140 Å². The fourth-order valence-electron chi connectivity index (χ4n) is 3.12. The summed E-state index contributed by atoms with van der Waals surface area (Å²) in [6.45, 7) is 5.71. The van der Waals surface area contributed by atoms with Gasteiger partial charge in [0.1, 0.15) is 12.4 Å². The molecule has 130 valence electrons. The zero-order chi connectivity index (χ0) is 17.3. The van der Waals surface area contributed by atoms with Gasteiger partial charge in [0.15, 0.2) is 0 Å². The lowest BCUT2D eigenvalue weighted by Gasteiger charge is -2.33. The van der Waals surface area contributed by atoms with Gasteiger partial charge in [-0.1, -0.05) is 6.07 Å². The summed E-state index contributed by atoms with van der Waals surface area (Å²) in [6.07, 6.45) is 0.721. The minimum absolute atomic E-state index is 0.0705. The molecule has 0 bridgehead atoms. The summed E-state index contributed by atoms with van der Waals surface area (Å²) >= 11 is 0. The molecule has 1 saturated heterocycles. The Balaban J connectivity index is 1.87. The van der Waals surface area contributed by atoms with Crippen molar-refractivity contribution in [1.29, 1.82) is 0 Å². The lowest BCUT2D eigenvalue weighted by Crippen LogP contribution is -2.47. The van der Waals surface area contributed by atoms with Crippen molar-refractivity contribution < 1.29 is 24.3 Å². The first-order valence-electron chi connectivity index (χ1n) is 8.03. The predicted octanol–water partition coefficient (Wildman–Crippen LogP) is 1.34. The first kappa shape index (κ1) is 16.7. The van der Waals surface area contributed by atoms with E-state index in [2.05, 4.69) is 0 Å². The summed E-state index contributed by atoms with van der Waals surface area (Å²) in [5, 5.41) is 8.75. The Morgan fingerprint density at radius 2 is 2.21 bits per heavy atom. The highest BCUT2D eigenvalue weighted by atomic mass is 16.5. The lowest BCUT2D eigenvalue weighted by atomic mass is 9.87. The molecule has 1 aromatic rings. The van der Waals surface area contributed by atoms with E-state index in [-0.39, 0.29) is 11.9 Å². The van der Waals surface area contributed by atoms with Gasteiger partial charge in [-0.05, 0) is 32.4 Å². The number of nitrogens with zero attached hydrogens (tertiary/aromatic N) is 1. The van der Waals surface area contributed by atoms with Crippen molar-refractivity contribution in [2.45, 2.75) is 32.9 Å². The zero-order valence-corrected chi connectivity index (χ0v) is 13.9. The highest BCUT2D eigenvalue weighted by molar-refractivity contribution is 5.93. The van der Waals surface area contributed by atoms with E-state index < -0.39 is 11.3 Å². The van der Waals surface area contributed by atoms with Crippen LogP contribution in [0.2, 0.25) is 0 Å². The molecule has 0 radical (unpaired) electrons. The van der Waals surface area contributed by atoms with E-state index in [9.17, 15) is 9.59 Å². The van der Waals surface area contributed by atoms with E-state index >= 15 is 0 Å². The average Bonchev–Trinajstić information content (AvgIpc) is 2.97. The Morgan fingerprint density at radius 1 is 1.42 bits per heavy atom. The second-order valence-corrected chi connectivity index (χ2v) is 6.72. The molecule has 2 N–H and O–H groups in total. The number of nitrogens with one attached hydrogen (secondary N) is 1. The van der Waals surface area contributed by atoms with Crippen LogP contribution in [0.4, 0.5) is 0 Å². The van der Waals surface area contributed by atoms with Crippen molar-refractivity contribution in [3.8, 4) is 5.75 Å². The fourth-order valence-corrected chi connectivity index (χ4v) is 3.12. The second-order valence-electron chi connectivity index (χ2n) is 6.72. The number of fused-ring (bicyclic) bond motifs is 1. The summed E-state index contributed by atoms with van der Waals surface area (Å²) in [4.78, 5) is 26.4. The third kappa shape index (κ3) is 2.97. The van der Waals surface area contributed by atoms with E-state index in [0.29, 0.717) is 37.7 Å². The molecule has 0 aromatic heterocycles. The number of hydrogen-bond acceptors (Lipinski definition) is 5. The molecule has 2 amide bonds. The normalized spacial score (nSPS) is 26.3. The zero-order valence-electron chi connectivity index (χ0n) is 13.9. The van der Waals surface area contributed by atoms with Gasteiger partial charge in [0, 0.05) is 24.3 Å². The summed E-state index contributed by atoms with van der Waals surface area (Å²) in [7, 11) is 0. The molecule has 0 aliphatic carbocycles. The van der Waals surface area contributed by atoms with Gasteiger partial charge >= 0.3 is 0 Å². The van der Waals surface area contributed by atoms with Crippen LogP contribution in [-0.2, 0) is 16.1 Å². The highest BCUT2D eigenvalue weighted by Gasteiger charge is 2.42. The number of carbonyl (C=O) groups excluding carboxylic acids is 2. The van der Waals surface area contributed by atoms with Gasteiger partial charge in [0.05, 0.1) is 18.1 Å². The molecule has 2 atom stereocenters. The molecule has 1 fully saturated rings. The Kier molecular flexibility index (Phi) is 4.47. The number of rotatable bonds is 2. The third-order valence-electron chi connectivity index (χ3n) is 4.78. The average molecular weight is 334 g/mol. The number of benzene rings is 1. The van der Waals surface area contributed by atoms with E-state index in [0.717, 1.165) is 12.0 Å². The molecule has 0 saturated carbocycles. The maximum atomic E-state index is 13.0. The maximum Gasteiger partial charge on any atom is 0.274 e. The molecular weight excluding hydrogens is 312 g/mol. The van der Waals surface area contributed by atoms with Crippen molar-refractivity contribution in [1.82, 2.24) is 10.4 Å². The molecule has 24 heavy (non-hydrogen) atoms. The summed E-state index contributed by atoms with van der Waals surface area (Å²) < 4.78 is 11.2. The Bertz CT molecular complexity index is 654. The smallest absolute Gasteiger partial charge is 0.274 e. The summed E-state index contributed by atoms with van der Waals surface area (Å²) in [5.41, 5.74) is 2.26. The van der Waals surface area contributed by atoms with Crippen LogP contribution in [-0.4, -0.2) is 47.8 Å². The van der Waals surface area contributed by atoms with Crippen LogP contribution in [0, 0.1) is 5.41 Å². The van der Waals surface area contributed by atoms with Crippen LogP contribution in [0.25, 0.3) is 0 Å². The van der Waals surface area contributed by atoms with Crippen molar-refractivity contribution >= 4 is 11.8 Å². The summed E-state index contributed by atoms with van der Waals surface area (Å²) in [5.74, 6) is 0.0365. The van der Waals surface area contributed by atoms with Gasteiger partial charge in [-0.15, -0.1) is 0 Å². The molecule has 7 heteroatoms. The van der Waals surface area contributed by atoms with Gasteiger partial charge in [-0.3, -0.25) is 14.8 Å². The minimum Gasteiger partial charge on any atom is -0.491 e. The molecule has 2 unspecified atom stereocenters. The standard InChI is InChI=1S/C17H22N2O5/c1-11-9-24-14-7-12(15(20)18-22)3-4-13(14)8-19(11)16(21)17(2)5-6-23-10-17/h3-4,7,11,22H,5-6,8-10H2,1-2H3,(H,18,20). The van der Waals surface area contributed by atoms with Crippen molar-refractivity contribution in [3.63, 3.8) is 0 Å². The quantitative estimate of drug-likeness (QED) is 0.629. The number of hydrogen-bond donors (Lipinski definition) is 2. The minimum atomic E-state index is -0.595. The molecule has 2 aliphatic heterocycles. The van der Waals surface area contributed by atoms with Crippen LogP contribution >= 0.6 is 0 Å². The van der Waals surface area contributed by atoms with E-state index in [1.54, 1.807) is 23.7 Å². The van der Waals surface area contributed by atoms with E-state index in [4.69, 9.17) is 14.7 Å². The summed E-state index contributed by atoms with van der Waals surface area (Å²) in [6, 6.07) is 4.86. The monoisotopic (exact) mass is 334 g/mol. The van der Waals surface area contributed by atoms with Gasteiger partial charge in [-0.25, -0.2) is 5.48 Å². The van der Waals surface area contributed by atoms with E-state index in [1.807, 2.05) is 18.7 Å². The van der Waals surface area contributed by atoms with Crippen LogP contribution < -0.4 is 10.2 Å². The van der Waals surface area contributed by atoms with Gasteiger partial charge < -0.3 is 14.4 Å². The predicted molar refractivity (Wildman–Crippen MR) is 84.7 cm³/mol. The maximum absolute atomic E-state index is 13.0. The first-order chi connectivity index (χ1) is 11.4. The first-order valence-corrected chi connectivity index (χ1v) is 8.03. The second kappa shape index (κ2) is 6.41. The Morgan fingerprint density at radius 3 is 2.88 bits per heavy atom. The number of carbonyl (C=O) groups is 2. The van der Waals surface area contributed by atoms with Gasteiger partial charge in [0.25, 0.3) is 5.91 Å². The van der Waals surface area contributed by atoms with E-state index in [1.165, 1.54) is 0 Å². The molecule has 2 heterocycles. The third-order valence-corrected chi connectivity index (χ3v) is 4.78. The molecule has 3 rings (SSSR count). The highest BCUT2D eigenvalue weighted by Crippen LogP contribution is 2.34. The largest absolute Gasteiger partial charge is 0.491 e. The number of ether oxygens (including phenoxy) is 2. The van der Waals surface area contributed by atoms with Crippen molar-refractivity contribution in [2.24, 2.45) is 5.41 Å². The Hall–Kier alpha value is -2.12. The molecule has 2 aliphatic rings. The van der Waals surface area contributed by atoms with Crippen molar-refractivity contribution in [2.75, 3.05) is 19.8 Å². The fraction of sp³-hybridized carbons (Fsp3) is 0.529. The SMILES string of the molecule is CC1COc2cc(C(=O)NO)ccc2CN1C(=O)C1(C)CCOC1. The van der Waals surface area contributed by atoms with Crippen LogP contribution in [0.5, 0.6) is 5.75 Å². The number of amides is 2. The molecular formula is C17H22N2O5. The molecule has 1 aromatic carbocycles. The topological polar surface area (TPSA) is 88.1 Å². The van der Waals surface area contributed by atoms with Gasteiger partial charge in [0.2, 0.25) is 5.91 Å². The molecule has 0 spiro atoms. The number of hydroxylamine groups is 1. The van der Waals surface area contributed by atoms with Crippen LogP contribution in [0.15, 0.2) is 18.2 Å².